The molecule has 20 heavy (non-hydrogen) atoms. The third-order valence-electron chi connectivity index (χ3n) is 2.74. The summed E-state index contributed by atoms with van der Waals surface area (Å²) in [4.78, 5) is 11.7. The van der Waals surface area contributed by atoms with Crippen molar-refractivity contribution in [2.75, 3.05) is 11.9 Å². The Balaban J connectivity index is 2.94. The number of benzene rings is 1. The summed E-state index contributed by atoms with van der Waals surface area (Å²) in [6.07, 6.45) is -0.521. The predicted octanol–water partition coefficient (Wildman–Crippen LogP) is 3.96. The van der Waals surface area contributed by atoms with Crippen molar-refractivity contribution in [3.05, 3.63) is 28.8 Å². The van der Waals surface area contributed by atoms with Gasteiger partial charge in [0, 0.05) is 16.1 Å². The van der Waals surface area contributed by atoms with E-state index in [4.69, 9.17) is 16.3 Å². The SMILES string of the molecule is CC(C)(C)OC(=O)Nc1ccc(Cl)c(C(C)(C)CO)c1. The molecule has 0 radical (unpaired) electrons. The number of hydrogen-bond donors (Lipinski definition) is 2. The molecule has 1 rings (SSSR count). The maximum atomic E-state index is 11.7. The number of amides is 1. The van der Waals surface area contributed by atoms with Crippen LogP contribution in [0.5, 0.6) is 0 Å². The molecule has 2 N–H and O–H groups in total. The van der Waals surface area contributed by atoms with Gasteiger partial charge in [0.2, 0.25) is 0 Å². The Kier molecular flexibility index (Phi) is 5.05. The lowest BCUT2D eigenvalue weighted by Gasteiger charge is -2.25. The number of carbonyl (C=O) groups is 1. The van der Waals surface area contributed by atoms with Crippen LogP contribution < -0.4 is 5.32 Å². The fourth-order valence-corrected chi connectivity index (χ4v) is 2.00. The normalized spacial score (nSPS) is 12.2. The first-order valence-electron chi connectivity index (χ1n) is 6.46. The van der Waals surface area contributed by atoms with Gasteiger partial charge >= 0.3 is 6.09 Å². The second kappa shape index (κ2) is 6.02. The fraction of sp³-hybridized carbons (Fsp3) is 0.533. The first kappa shape index (κ1) is 16.8. The lowest BCUT2D eigenvalue weighted by atomic mass is 9.85. The summed E-state index contributed by atoms with van der Waals surface area (Å²) in [7, 11) is 0. The summed E-state index contributed by atoms with van der Waals surface area (Å²) in [5.41, 5.74) is 0.322. The molecule has 0 unspecified atom stereocenters. The van der Waals surface area contributed by atoms with Crippen LogP contribution in [0.25, 0.3) is 0 Å². The van der Waals surface area contributed by atoms with Crippen LogP contribution in [-0.4, -0.2) is 23.4 Å². The van der Waals surface area contributed by atoms with Gasteiger partial charge < -0.3 is 9.84 Å². The molecule has 0 bridgehead atoms. The highest BCUT2D eigenvalue weighted by Crippen LogP contribution is 2.31. The third kappa shape index (κ3) is 4.69. The van der Waals surface area contributed by atoms with Gasteiger partial charge in [-0.15, -0.1) is 0 Å². The zero-order valence-corrected chi connectivity index (χ0v) is 13.3. The van der Waals surface area contributed by atoms with Crippen molar-refractivity contribution in [1.82, 2.24) is 0 Å². The molecule has 1 amide bonds. The van der Waals surface area contributed by atoms with Gasteiger partial charge in [-0.1, -0.05) is 25.4 Å². The van der Waals surface area contributed by atoms with Gasteiger partial charge in [0.05, 0.1) is 6.61 Å². The average molecular weight is 300 g/mol. The Bertz CT molecular complexity index is 492. The highest BCUT2D eigenvalue weighted by molar-refractivity contribution is 6.31. The summed E-state index contributed by atoms with van der Waals surface area (Å²) in [5, 5.41) is 12.6. The van der Waals surface area contributed by atoms with E-state index in [2.05, 4.69) is 5.32 Å². The second-order valence-electron chi connectivity index (χ2n) is 6.36. The summed E-state index contributed by atoms with van der Waals surface area (Å²) >= 11 is 6.15. The summed E-state index contributed by atoms with van der Waals surface area (Å²) in [6.45, 7) is 9.12. The number of halogens is 1. The highest BCUT2D eigenvalue weighted by atomic mass is 35.5. The van der Waals surface area contributed by atoms with Crippen molar-refractivity contribution in [3.63, 3.8) is 0 Å². The number of ether oxygens (including phenoxy) is 1. The molecule has 0 saturated carbocycles. The van der Waals surface area contributed by atoms with Crippen molar-refractivity contribution in [2.24, 2.45) is 0 Å². The van der Waals surface area contributed by atoms with E-state index < -0.39 is 17.1 Å². The van der Waals surface area contributed by atoms with Gasteiger partial charge in [-0.05, 0) is 44.5 Å². The van der Waals surface area contributed by atoms with E-state index in [-0.39, 0.29) is 6.61 Å². The van der Waals surface area contributed by atoms with Crippen LogP contribution in [0.2, 0.25) is 5.02 Å². The van der Waals surface area contributed by atoms with Crippen molar-refractivity contribution < 1.29 is 14.6 Å². The monoisotopic (exact) mass is 299 g/mol. The topological polar surface area (TPSA) is 58.6 Å². The third-order valence-corrected chi connectivity index (χ3v) is 3.07. The van der Waals surface area contributed by atoms with Gasteiger partial charge in [0.25, 0.3) is 0 Å². The molecule has 0 saturated heterocycles. The van der Waals surface area contributed by atoms with Crippen LogP contribution in [-0.2, 0) is 10.2 Å². The lowest BCUT2D eigenvalue weighted by molar-refractivity contribution is 0.0636. The Morgan fingerprint density at radius 3 is 2.40 bits per heavy atom. The van der Waals surface area contributed by atoms with E-state index in [9.17, 15) is 9.90 Å². The van der Waals surface area contributed by atoms with Crippen LogP contribution >= 0.6 is 11.6 Å². The minimum atomic E-state index is -0.552. The van der Waals surface area contributed by atoms with Crippen LogP contribution in [0.4, 0.5) is 10.5 Å². The molecule has 0 heterocycles. The van der Waals surface area contributed by atoms with Gasteiger partial charge in [0.15, 0.2) is 0 Å². The number of nitrogens with one attached hydrogen (secondary N) is 1. The first-order chi connectivity index (χ1) is 9.05. The molecule has 0 aromatic heterocycles. The van der Waals surface area contributed by atoms with E-state index in [1.165, 1.54) is 0 Å². The molecule has 0 fully saturated rings. The Hall–Kier alpha value is -1.26. The van der Waals surface area contributed by atoms with Gasteiger partial charge in [-0.3, -0.25) is 5.32 Å². The molecule has 0 aliphatic heterocycles. The largest absolute Gasteiger partial charge is 0.444 e. The van der Waals surface area contributed by atoms with E-state index in [0.29, 0.717) is 10.7 Å². The minimum Gasteiger partial charge on any atom is -0.444 e. The zero-order chi connectivity index (χ0) is 15.6. The molecule has 0 spiro atoms. The summed E-state index contributed by atoms with van der Waals surface area (Å²) < 4.78 is 5.19. The van der Waals surface area contributed by atoms with Crippen molar-refractivity contribution in [2.45, 2.75) is 45.6 Å². The Morgan fingerprint density at radius 1 is 1.30 bits per heavy atom. The number of aliphatic hydroxyl groups is 1. The summed E-state index contributed by atoms with van der Waals surface area (Å²) in [6, 6.07) is 5.15. The smallest absolute Gasteiger partial charge is 0.412 e. The fourth-order valence-electron chi connectivity index (χ4n) is 1.63. The van der Waals surface area contributed by atoms with Gasteiger partial charge in [-0.25, -0.2) is 4.79 Å². The number of carbonyl (C=O) groups excluding carboxylic acids is 1. The number of anilines is 1. The predicted molar refractivity (Wildman–Crippen MR) is 81.4 cm³/mol. The second-order valence-corrected chi connectivity index (χ2v) is 6.77. The molecular weight excluding hydrogens is 278 g/mol. The van der Waals surface area contributed by atoms with E-state index >= 15 is 0 Å². The molecular formula is C15H22ClNO3. The van der Waals surface area contributed by atoms with Crippen molar-refractivity contribution >= 4 is 23.4 Å². The lowest BCUT2D eigenvalue weighted by Crippen LogP contribution is -2.27. The van der Waals surface area contributed by atoms with E-state index in [1.807, 2.05) is 13.8 Å². The van der Waals surface area contributed by atoms with Crippen molar-refractivity contribution in [3.8, 4) is 0 Å². The quantitative estimate of drug-likeness (QED) is 0.888. The molecule has 1 aromatic carbocycles. The molecule has 0 aliphatic carbocycles. The highest BCUT2D eigenvalue weighted by Gasteiger charge is 2.23. The Labute approximate surface area is 125 Å². The molecule has 5 heteroatoms. The van der Waals surface area contributed by atoms with Crippen LogP contribution in [0.1, 0.15) is 40.2 Å². The van der Waals surface area contributed by atoms with E-state index in [1.54, 1.807) is 39.0 Å². The number of aliphatic hydroxyl groups excluding tert-OH is 1. The van der Waals surface area contributed by atoms with Crippen LogP contribution in [0.3, 0.4) is 0 Å². The molecule has 112 valence electrons. The molecule has 4 nitrogen and oxygen atoms in total. The Morgan fingerprint density at radius 2 is 1.90 bits per heavy atom. The maximum absolute atomic E-state index is 11.7. The minimum absolute atomic E-state index is 0.0391. The average Bonchev–Trinajstić information content (AvgIpc) is 2.29. The van der Waals surface area contributed by atoms with Gasteiger partial charge in [0.1, 0.15) is 5.60 Å². The van der Waals surface area contributed by atoms with E-state index in [0.717, 1.165) is 5.56 Å². The summed E-state index contributed by atoms with van der Waals surface area (Å²) in [5.74, 6) is 0. The van der Waals surface area contributed by atoms with Crippen molar-refractivity contribution in [1.29, 1.82) is 0 Å². The molecule has 1 aromatic rings. The number of rotatable bonds is 3. The molecule has 0 atom stereocenters. The van der Waals surface area contributed by atoms with Crippen LogP contribution in [0.15, 0.2) is 18.2 Å². The van der Waals surface area contributed by atoms with Gasteiger partial charge in [-0.2, -0.15) is 0 Å². The zero-order valence-electron chi connectivity index (χ0n) is 12.6. The van der Waals surface area contributed by atoms with Crippen LogP contribution in [0, 0.1) is 0 Å². The maximum Gasteiger partial charge on any atom is 0.412 e. The number of hydrogen-bond acceptors (Lipinski definition) is 3. The first-order valence-corrected chi connectivity index (χ1v) is 6.84. The molecule has 0 aliphatic rings. The standard InChI is InChI=1S/C15H22ClNO3/c1-14(2,3)20-13(19)17-10-6-7-12(16)11(8-10)15(4,5)9-18/h6-8,18H,9H2,1-5H3,(H,17,19).